The summed E-state index contributed by atoms with van der Waals surface area (Å²) in [5, 5.41) is 0.511. The van der Waals surface area contributed by atoms with Crippen LogP contribution in [-0.2, 0) is 30.7 Å². The molecule has 0 aliphatic heterocycles. The SMILES string of the molecule is CCN(Cc1nc(Cl)c2c(n1)CCC(C)(C)C2)C(=O)OCc1ccccc1. The summed E-state index contributed by atoms with van der Waals surface area (Å²) in [6.45, 7) is 7.44. The van der Waals surface area contributed by atoms with E-state index in [1.807, 2.05) is 37.3 Å². The molecule has 3 rings (SSSR count). The molecule has 144 valence electrons. The molecule has 2 aromatic rings. The smallest absolute Gasteiger partial charge is 0.410 e. The van der Waals surface area contributed by atoms with Crippen molar-refractivity contribution in [3.63, 3.8) is 0 Å². The fourth-order valence-electron chi connectivity index (χ4n) is 3.31. The summed E-state index contributed by atoms with van der Waals surface area (Å²) in [4.78, 5) is 23.1. The molecule has 0 bridgehead atoms. The summed E-state index contributed by atoms with van der Waals surface area (Å²) < 4.78 is 5.42. The highest BCUT2D eigenvalue weighted by Crippen LogP contribution is 2.36. The number of amides is 1. The summed E-state index contributed by atoms with van der Waals surface area (Å²) in [7, 11) is 0. The minimum Gasteiger partial charge on any atom is -0.445 e. The normalized spacial score (nSPS) is 15.1. The number of aromatic nitrogens is 2. The highest BCUT2D eigenvalue weighted by molar-refractivity contribution is 6.30. The lowest BCUT2D eigenvalue weighted by atomic mass is 9.76. The zero-order chi connectivity index (χ0) is 19.4. The molecule has 1 aliphatic rings. The molecular weight excluding hydrogens is 362 g/mol. The minimum atomic E-state index is -0.375. The van der Waals surface area contributed by atoms with E-state index in [-0.39, 0.29) is 18.1 Å². The van der Waals surface area contributed by atoms with Crippen molar-refractivity contribution in [1.29, 1.82) is 0 Å². The molecule has 5 nitrogen and oxygen atoms in total. The maximum Gasteiger partial charge on any atom is 0.410 e. The second-order valence-corrected chi connectivity index (χ2v) is 8.11. The standard InChI is InChI=1S/C21H26ClN3O2/c1-4-25(20(26)27-14-15-8-6-5-7-9-15)13-18-23-17-10-11-21(2,3)12-16(17)19(22)24-18/h5-9H,4,10-14H2,1-3H3. The van der Waals surface area contributed by atoms with E-state index in [2.05, 4.69) is 23.8 Å². The molecule has 0 spiro atoms. The minimum absolute atomic E-state index is 0.220. The Morgan fingerprint density at radius 2 is 2.00 bits per heavy atom. The largest absolute Gasteiger partial charge is 0.445 e. The molecule has 6 heteroatoms. The van der Waals surface area contributed by atoms with Crippen LogP contribution in [0, 0.1) is 5.41 Å². The highest BCUT2D eigenvalue weighted by atomic mass is 35.5. The number of hydrogen-bond donors (Lipinski definition) is 0. The first-order valence-corrected chi connectivity index (χ1v) is 9.75. The molecule has 0 N–H and O–H groups in total. The van der Waals surface area contributed by atoms with E-state index in [1.165, 1.54) is 0 Å². The zero-order valence-electron chi connectivity index (χ0n) is 16.2. The Balaban J connectivity index is 1.67. The Morgan fingerprint density at radius 3 is 2.70 bits per heavy atom. The van der Waals surface area contributed by atoms with Crippen molar-refractivity contribution in [3.8, 4) is 0 Å². The lowest BCUT2D eigenvalue weighted by Gasteiger charge is -2.31. The quantitative estimate of drug-likeness (QED) is 0.691. The topological polar surface area (TPSA) is 55.3 Å². The Morgan fingerprint density at radius 1 is 1.26 bits per heavy atom. The van der Waals surface area contributed by atoms with E-state index in [0.29, 0.717) is 24.1 Å². The van der Waals surface area contributed by atoms with Crippen LogP contribution in [0.2, 0.25) is 5.15 Å². The van der Waals surface area contributed by atoms with E-state index in [9.17, 15) is 4.79 Å². The van der Waals surface area contributed by atoms with Crippen LogP contribution >= 0.6 is 11.6 Å². The van der Waals surface area contributed by atoms with Crippen molar-refractivity contribution in [2.75, 3.05) is 6.54 Å². The Bertz CT molecular complexity index is 809. The van der Waals surface area contributed by atoms with Gasteiger partial charge in [-0.2, -0.15) is 0 Å². The Kier molecular flexibility index (Phi) is 6.00. The van der Waals surface area contributed by atoms with Gasteiger partial charge in [0.2, 0.25) is 0 Å². The van der Waals surface area contributed by atoms with Gasteiger partial charge in [-0.25, -0.2) is 14.8 Å². The lowest BCUT2D eigenvalue weighted by molar-refractivity contribution is 0.0947. The van der Waals surface area contributed by atoms with Gasteiger partial charge >= 0.3 is 6.09 Å². The van der Waals surface area contributed by atoms with Gasteiger partial charge in [0.25, 0.3) is 0 Å². The van der Waals surface area contributed by atoms with Crippen LogP contribution in [0.15, 0.2) is 30.3 Å². The molecule has 0 atom stereocenters. The number of benzene rings is 1. The molecule has 0 fully saturated rings. The molecule has 0 saturated heterocycles. The maximum atomic E-state index is 12.4. The molecular formula is C21H26ClN3O2. The van der Waals surface area contributed by atoms with Crippen molar-refractivity contribution in [2.45, 2.75) is 53.2 Å². The van der Waals surface area contributed by atoms with Gasteiger partial charge in [-0.1, -0.05) is 55.8 Å². The van der Waals surface area contributed by atoms with E-state index in [1.54, 1.807) is 4.90 Å². The van der Waals surface area contributed by atoms with Gasteiger partial charge in [0.15, 0.2) is 0 Å². The van der Waals surface area contributed by atoms with Crippen LogP contribution in [0.3, 0.4) is 0 Å². The first kappa shape index (κ1) is 19.6. The number of rotatable bonds is 5. The van der Waals surface area contributed by atoms with Crippen molar-refractivity contribution in [3.05, 3.63) is 58.1 Å². The van der Waals surface area contributed by atoms with Gasteiger partial charge in [0.05, 0.1) is 6.54 Å². The van der Waals surface area contributed by atoms with Gasteiger partial charge in [0, 0.05) is 17.8 Å². The number of nitrogens with zero attached hydrogens (tertiary/aromatic N) is 3. The van der Waals surface area contributed by atoms with E-state index in [0.717, 1.165) is 36.1 Å². The fraction of sp³-hybridized carbons (Fsp3) is 0.476. The van der Waals surface area contributed by atoms with Gasteiger partial charge < -0.3 is 9.64 Å². The second kappa shape index (κ2) is 8.26. The fourth-order valence-corrected chi connectivity index (χ4v) is 3.58. The van der Waals surface area contributed by atoms with Crippen LogP contribution in [0.25, 0.3) is 0 Å². The predicted octanol–water partition coefficient (Wildman–Crippen LogP) is 4.80. The average molecular weight is 388 g/mol. The van der Waals surface area contributed by atoms with Crippen LogP contribution in [0.4, 0.5) is 4.79 Å². The summed E-state index contributed by atoms with van der Waals surface area (Å²) in [5.41, 5.74) is 3.24. The number of carbonyl (C=O) groups excluding carboxylic acids is 1. The van der Waals surface area contributed by atoms with Crippen LogP contribution in [-0.4, -0.2) is 27.5 Å². The summed E-state index contributed by atoms with van der Waals surface area (Å²) in [6, 6.07) is 9.63. The van der Waals surface area contributed by atoms with Crippen molar-refractivity contribution in [1.82, 2.24) is 14.9 Å². The summed E-state index contributed by atoms with van der Waals surface area (Å²) in [5.74, 6) is 0.567. The molecule has 0 radical (unpaired) electrons. The Labute approximate surface area is 165 Å². The number of halogens is 1. The summed E-state index contributed by atoms with van der Waals surface area (Å²) in [6.07, 6.45) is 2.48. The molecule has 0 unspecified atom stereocenters. The van der Waals surface area contributed by atoms with Crippen LogP contribution < -0.4 is 0 Å². The van der Waals surface area contributed by atoms with E-state index in [4.69, 9.17) is 16.3 Å². The third kappa shape index (κ3) is 4.98. The first-order valence-electron chi connectivity index (χ1n) is 9.38. The second-order valence-electron chi connectivity index (χ2n) is 7.75. The van der Waals surface area contributed by atoms with Crippen molar-refractivity contribution in [2.24, 2.45) is 5.41 Å². The van der Waals surface area contributed by atoms with Gasteiger partial charge in [-0.3, -0.25) is 0 Å². The zero-order valence-corrected chi connectivity index (χ0v) is 16.9. The first-order chi connectivity index (χ1) is 12.9. The summed E-state index contributed by atoms with van der Waals surface area (Å²) >= 11 is 6.44. The molecule has 1 aliphatic carbocycles. The molecule has 0 saturated carbocycles. The molecule has 1 aromatic heterocycles. The molecule has 1 aromatic carbocycles. The van der Waals surface area contributed by atoms with Gasteiger partial charge in [-0.05, 0) is 37.2 Å². The average Bonchev–Trinajstić information content (AvgIpc) is 2.65. The molecule has 1 heterocycles. The maximum absolute atomic E-state index is 12.4. The highest BCUT2D eigenvalue weighted by Gasteiger charge is 2.29. The monoisotopic (exact) mass is 387 g/mol. The van der Waals surface area contributed by atoms with Crippen molar-refractivity contribution >= 4 is 17.7 Å². The van der Waals surface area contributed by atoms with Gasteiger partial charge in [0.1, 0.15) is 17.6 Å². The number of carbonyl (C=O) groups is 1. The van der Waals surface area contributed by atoms with Crippen LogP contribution in [0.1, 0.15) is 49.8 Å². The Hall–Kier alpha value is -2.14. The number of fused-ring (bicyclic) bond motifs is 1. The van der Waals surface area contributed by atoms with Crippen molar-refractivity contribution < 1.29 is 9.53 Å². The van der Waals surface area contributed by atoms with E-state index < -0.39 is 0 Å². The number of ether oxygens (including phenoxy) is 1. The van der Waals surface area contributed by atoms with Crippen LogP contribution in [0.5, 0.6) is 0 Å². The number of hydrogen-bond acceptors (Lipinski definition) is 4. The number of aryl methyl sites for hydroxylation is 1. The third-order valence-electron chi connectivity index (χ3n) is 4.96. The lowest BCUT2D eigenvalue weighted by Crippen LogP contribution is -2.32. The molecule has 1 amide bonds. The third-order valence-corrected chi connectivity index (χ3v) is 5.27. The van der Waals surface area contributed by atoms with Gasteiger partial charge in [-0.15, -0.1) is 0 Å². The molecule has 27 heavy (non-hydrogen) atoms. The van der Waals surface area contributed by atoms with E-state index >= 15 is 0 Å². The predicted molar refractivity (Wildman–Crippen MR) is 106 cm³/mol.